The van der Waals surface area contributed by atoms with E-state index in [1.54, 1.807) is 31.3 Å². The van der Waals surface area contributed by atoms with Gasteiger partial charge in [-0.25, -0.2) is 4.79 Å². The van der Waals surface area contributed by atoms with Crippen LogP contribution in [0.2, 0.25) is 0 Å². The van der Waals surface area contributed by atoms with Gasteiger partial charge in [0.05, 0.1) is 33.4 Å². The Balaban J connectivity index is 1.92. The van der Waals surface area contributed by atoms with E-state index in [0.29, 0.717) is 50.0 Å². The fraction of sp³-hybridized carbons (Fsp3) is 0.600. The molecule has 0 spiro atoms. The predicted molar refractivity (Wildman–Crippen MR) is 146 cm³/mol. The largest absolute Gasteiger partial charge is 0.493 e. The molecule has 0 aromatic heterocycles. The van der Waals surface area contributed by atoms with Gasteiger partial charge in [0, 0.05) is 6.54 Å². The molecule has 8 nitrogen and oxygen atoms in total. The molecule has 1 amide bonds. The quantitative estimate of drug-likeness (QED) is 0.189. The first-order chi connectivity index (χ1) is 18.5. The second kappa shape index (κ2) is 15.4. The summed E-state index contributed by atoms with van der Waals surface area (Å²) in [5.41, 5.74) is 0.814. The highest BCUT2D eigenvalue weighted by Crippen LogP contribution is 2.45. The van der Waals surface area contributed by atoms with Crippen molar-refractivity contribution in [3.8, 4) is 17.2 Å². The molecule has 38 heavy (non-hydrogen) atoms. The molecule has 8 heteroatoms. The summed E-state index contributed by atoms with van der Waals surface area (Å²) in [5, 5.41) is 0. The van der Waals surface area contributed by atoms with Crippen LogP contribution in [0.5, 0.6) is 17.2 Å². The monoisotopic (exact) mass is 529 g/mol. The van der Waals surface area contributed by atoms with Gasteiger partial charge in [0.15, 0.2) is 11.5 Å². The Morgan fingerprint density at radius 2 is 1.66 bits per heavy atom. The average Bonchev–Trinajstić information content (AvgIpc) is 2.96. The van der Waals surface area contributed by atoms with Crippen molar-refractivity contribution in [2.75, 3.05) is 47.2 Å². The Morgan fingerprint density at radius 3 is 2.34 bits per heavy atom. The third-order valence-corrected chi connectivity index (χ3v) is 7.34. The highest BCUT2D eigenvalue weighted by molar-refractivity contribution is 5.89. The molecule has 210 valence electrons. The van der Waals surface area contributed by atoms with Gasteiger partial charge in [0.2, 0.25) is 11.7 Å². The van der Waals surface area contributed by atoms with Gasteiger partial charge in [-0.1, -0.05) is 38.0 Å². The fourth-order valence-electron chi connectivity index (χ4n) is 5.55. The number of amides is 1. The summed E-state index contributed by atoms with van der Waals surface area (Å²) >= 11 is 0. The predicted octanol–water partition coefficient (Wildman–Crippen LogP) is 5.06. The number of carbonyl (C=O) groups excluding carboxylic acids is 2. The van der Waals surface area contributed by atoms with Crippen LogP contribution in [0.15, 0.2) is 37.4 Å². The van der Waals surface area contributed by atoms with E-state index < -0.39 is 12.0 Å². The number of hydrogen-bond donors (Lipinski definition) is 0. The van der Waals surface area contributed by atoms with E-state index in [1.807, 2.05) is 12.1 Å². The number of piperidine rings is 1. The number of carbonyl (C=O) groups is 2. The summed E-state index contributed by atoms with van der Waals surface area (Å²) < 4.78 is 28.0. The maximum atomic E-state index is 14.4. The molecular formula is C30H43NO7. The normalized spacial score (nSPS) is 18.8. The molecule has 1 heterocycles. The lowest BCUT2D eigenvalue weighted by Gasteiger charge is -2.39. The SMILES string of the molecule is C=CCOCCOC(=O)[C@@H]1CCCCN1C(=O)[C@H](c1cc(OC)c(OC)c(OCC=C)c1)C1CCCCC1. The molecule has 0 unspecified atom stereocenters. The van der Waals surface area contributed by atoms with E-state index in [0.717, 1.165) is 44.1 Å². The minimum Gasteiger partial charge on any atom is -0.493 e. The number of nitrogens with zero attached hydrogens (tertiary/aromatic N) is 1. The van der Waals surface area contributed by atoms with Crippen LogP contribution in [0.4, 0.5) is 0 Å². The standard InChI is InChI=1S/C30H43NO7/c1-5-16-36-18-19-38-30(33)24-14-10-11-15-31(24)29(32)27(22-12-8-7-9-13-22)23-20-25(34-3)28(35-4)26(21-23)37-17-6-2/h5-6,20-22,24,27H,1-2,7-19H2,3-4H3/t24-,27-/m0/s1. The molecule has 0 N–H and O–H groups in total. The Morgan fingerprint density at radius 1 is 0.947 bits per heavy atom. The number of ether oxygens (including phenoxy) is 5. The molecule has 3 rings (SSSR count). The highest BCUT2D eigenvalue weighted by Gasteiger charge is 2.40. The Labute approximate surface area is 226 Å². The maximum Gasteiger partial charge on any atom is 0.328 e. The van der Waals surface area contributed by atoms with E-state index in [1.165, 1.54) is 6.42 Å². The van der Waals surface area contributed by atoms with Crippen LogP contribution in [0.25, 0.3) is 0 Å². The van der Waals surface area contributed by atoms with Crippen LogP contribution in [0, 0.1) is 5.92 Å². The van der Waals surface area contributed by atoms with Gasteiger partial charge in [-0.15, -0.1) is 6.58 Å². The van der Waals surface area contributed by atoms with Crippen molar-refractivity contribution in [1.82, 2.24) is 4.90 Å². The van der Waals surface area contributed by atoms with Gasteiger partial charge >= 0.3 is 5.97 Å². The zero-order valence-electron chi connectivity index (χ0n) is 23.0. The second-order valence-electron chi connectivity index (χ2n) is 9.80. The zero-order valence-corrected chi connectivity index (χ0v) is 23.0. The molecule has 1 saturated heterocycles. The van der Waals surface area contributed by atoms with E-state index >= 15 is 0 Å². The maximum absolute atomic E-state index is 14.4. The number of rotatable bonds is 14. The molecule has 0 bridgehead atoms. The van der Waals surface area contributed by atoms with Crippen molar-refractivity contribution in [3.63, 3.8) is 0 Å². The van der Waals surface area contributed by atoms with Crippen LogP contribution in [0.1, 0.15) is 62.8 Å². The van der Waals surface area contributed by atoms with Crippen LogP contribution in [-0.2, 0) is 19.1 Å². The lowest BCUT2D eigenvalue weighted by atomic mass is 9.75. The van der Waals surface area contributed by atoms with Crippen LogP contribution >= 0.6 is 0 Å². The molecule has 1 saturated carbocycles. The van der Waals surface area contributed by atoms with Crippen molar-refractivity contribution in [2.24, 2.45) is 5.92 Å². The smallest absolute Gasteiger partial charge is 0.328 e. The van der Waals surface area contributed by atoms with E-state index in [2.05, 4.69) is 13.2 Å². The Hall–Kier alpha value is -3.00. The number of esters is 1. The van der Waals surface area contributed by atoms with Gasteiger partial charge in [-0.2, -0.15) is 0 Å². The number of hydrogen-bond acceptors (Lipinski definition) is 7. The molecular weight excluding hydrogens is 486 g/mol. The van der Waals surface area contributed by atoms with Crippen molar-refractivity contribution >= 4 is 11.9 Å². The summed E-state index contributed by atoms with van der Waals surface area (Å²) in [6.45, 7) is 9.02. The third-order valence-electron chi connectivity index (χ3n) is 7.34. The number of methoxy groups -OCH3 is 2. The number of likely N-dealkylation sites (tertiary alicyclic amines) is 1. The van der Waals surface area contributed by atoms with Gasteiger partial charge in [-0.05, 0) is 55.7 Å². The number of benzene rings is 1. The first-order valence-electron chi connectivity index (χ1n) is 13.7. The summed E-state index contributed by atoms with van der Waals surface area (Å²) in [6, 6.07) is 3.17. The van der Waals surface area contributed by atoms with E-state index in [-0.39, 0.29) is 24.4 Å². The van der Waals surface area contributed by atoms with Gasteiger partial charge in [0.1, 0.15) is 19.3 Å². The average molecular weight is 530 g/mol. The van der Waals surface area contributed by atoms with E-state index in [9.17, 15) is 9.59 Å². The minimum absolute atomic E-state index is 0.0386. The zero-order chi connectivity index (χ0) is 27.3. The summed E-state index contributed by atoms with van der Waals surface area (Å²) in [4.78, 5) is 29.2. The van der Waals surface area contributed by atoms with Crippen molar-refractivity contribution in [1.29, 1.82) is 0 Å². The highest BCUT2D eigenvalue weighted by atomic mass is 16.6. The van der Waals surface area contributed by atoms with Gasteiger partial charge in [-0.3, -0.25) is 4.79 Å². The minimum atomic E-state index is -0.599. The van der Waals surface area contributed by atoms with Crippen LogP contribution in [-0.4, -0.2) is 70.0 Å². The Kier molecular flexibility index (Phi) is 12.0. The lowest BCUT2D eigenvalue weighted by Crippen LogP contribution is -2.51. The van der Waals surface area contributed by atoms with Gasteiger partial charge in [0.25, 0.3) is 0 Å². The first-order valence-corrected chi connectivity index (χ1v) is 13.7. The molecule has 1 aromatic rings. The van der Waals surface area contributed by atoms with Crippen molar-refractivity contribution in [3.05, 3.63) is 43.0 Å². The molecule has 1 aromatic carbocycles. The summed E-state index contributed by atoms with van der Waals surface area (Å²) in [7, 11) is 3.14. The van der Waals surface area contributed by atoms with E-state index in [4.69, 9.17) is 23.7 Å². The fourth-order valence-corrected chi connectivity index (χ4v) is 5.55. The molecule has 1 aliphatic heterocycles. The molecule has 2 atom stereocenters. The summed E-state index contributed by atoms with van der Waals surface area (Å²) in [5.74, 6) is 0.814. The molecule has 0 radical (unpaired) electrons. The first kappa shape index (κ1) is 29.6. The van der Waals surface area contributed by atoms with Crippen LogP contribution < -0.4 is 14.2 Å². The van der Waals surface area contributed by atoms with Gasteiger partial charge < -0.3 is 28.6 Å². The topological polar surface area (TPSA) is 83.5 Å². The third kappa shape index (κ3) is 7.53. The molecule has 1 aliphatic carbocycles. The summed E-state index contributed by atoms with van der Waals surface area (Å²) in [6.07, 6.45) is 10.9. The lowest BCUT2D eigenvalue weighted by molar-refractivity contribution is -0.159. The second-order valence-corrected chi connectivity index (χ2v) is 9.80. The van der Waals surface area contributed by atoms with Crippen LogP contribution in [0.3, 0.4) is 0 Å². The van der Waals surface area contributed by atoms with Crippen molar-refractivity contribution in [2.45, 2.75) is 63.3 Å². The Bertz CT molecular complexity index is 941. The molecule has 2 fully saturated rings. The van der Waals surface area contributed by atoms with Crippen molar-refractivity contribution < 1.29 is 33.3 Å². The molecule has 2 aliphatic rings.